The number of aromatic hydroxyl groups is 2. The summed E-state index contributed by atoms with van der Waals surface area (Å²) in [6.07, 6.45) is 6.68. The number of allylic oxidation sites excluding steroid dienone is 2. The number of ketones is 2. The van der Waals surface area contributed by atoms with Crippen molar-refractivity contribution in [3.63, 3.8) is 0 Å². The van der Waals surface area contributed by atoms with Crippen LogP contribution in [0, 0.1) is 0 Å². The Kier molecular flexibility index (Phi) is 21.6. The molecule has 48 heavy (non-hydrogen) atoms. The normalized spacial score (nSPS) is 11.1. The van der Waals surface area contributed by atoms with Gasteiger partial charge in [-0.25, -0.2) is 0 Å². The Morgan fingerprint density at radius 2 is 0.729 bits per heavy atom. The molecule has 0 radical (unpaired) electrons. The minimum atomic E-state index is -0.121. The fraction of sp³-hybridized carbons (Fsp3) is 0.333. The first kappa shape index (κ1) is 47.2. The number of nitrogens with one attached hydrogen (secondary N) is 4. The Balaban J connectivity index is 0. The van der Waals surface area contributed by atoms with Crippen LogP contribution in [-0.4, -0.2) is 78.2 Å². The van der Waals surface area contributed by atoms with Gasteiger partial charge < -0.3 is 79.4 Å². The Morgan fingerprint density at radius 3 is 0.938 bits per heavy atom. The van der Waals surface area contributed by atoms with Gasteiger partial charge in [-0.05, 0) is 47.5 Å². The van der Waals surface area contributed by atoms with Crippen LogP contribution in [0.25, 0.3) is 12.2 Å². The van der Waals surface area contributed by atoms with Crippen molar-refractivity contribution < 1.29 is 89.0 Å². The van der Waals surface area contributed by atoms with Gasteiger partial charge in [-0.15, -0.1) is 0 Å². The Morgan fingerprint density at radius 1 is 0.500 bits per heavy atom. The van der Waals surface area contributed by atoms with Gasteiger partial charge in [-0.2, -0.15) is 0 Å². The number of carbonyl (C=O) groups excluding carboxylic acids is 2. The molecule has 0 bridgehead atoms. The average Bonchev–Trinajstić information content (AvgIpc) is 2.94. The predicted molar refractivity (Wildman–Crippen MR) is 175 cm³/mol. The Labute approximate surface area is 310 Å². The maximum atomic E-state index is 13.1. The first-order valence-corrected chi connectivity index (χ1v) is 15.1. The van der Waals surface area contributed by atoms with E-state index in [1.54, 1.807) is 48.6 Å². The van der Waals surface area contributed by atoms with Crippen LogP contribution >= 0.6 is 0 Å². The molecular formula is C36H50Cl4N4O4. The van der Waals surface area contributed by atoms with Gasteiger partial charge in [0.15, 0.2) is 11.6 Å². The highest BCUT2D eigenvalue weighted by Gasteiger charge is 2.18. The van der Waals surface area contributed by atoms with E-state index in [0.717, 1.165) is 53.0 Å². The summed E-state index contributed by atoms with van der Waals surface area (Å²) in [6, 6.07) is 14.8. The molecule has 0 amide bonds. The number of halogens is 4. The average molecular weight is 745 g/mol. The van der Waals surface area contributed by atoms with Crippen molar-refractivity contribution in [2.75, 3.05) is 56.4 Å². The van der Waals surface area contributed by atoms with Crippen molar-refractivity contribution >= 4 is 23.7 Å². The Hall–Kier alpha value is -2.92. The van der Waals surface area contributed by atoms with Crippen LogP contribution in [0.3, 0.4) is 0 Å². The minimum absolute atomic E-state index is 0. The standard InChI is InChI=1S/C36H46N4O4.4ClH/c1-37(2)21-29-17-27(18-30(35(29)43)22-38(3)4)33(41)15-13-25-9-11-26(12-10-25)14-16-34(42)28-19-31(23-39(5)6)36(44)32(20-28)24-40(7)8;;;;/h9-20,43-44H,21-24H2,1-8H3;4*1H/b15-13+,16-14+;;;;. The van der Waals surface area contributed by atoms with Crippen LogP contribution in [0.15, 0.2) is 60.7 Å². The van der Waals surface area contributed by atoms with Gasteiger partial charge in [0.2, 0.25) is 0 Å². The molecule has 0 saturated heterocycles. The van der Waals surface area contributed by atoms with Crippen LogP contribution in [0.2, 0.25) is 0 Å². The highest BCUT2D eigenvalue weighted by atomic mass is 35.5. The van der Waals surface area contributed by atoms with E-state index in [0.29, 0.717) is 37.3 Å². The fourth-order valence-corrected chi connectivity index (χ4v) is 5.12. The molecule has 0 aromatic heterocycles. The number of carbonyl (C=O) groups is 2. The first-order chi connectivity index (χ1) is 20.7. The number of phenolic OH excluding ortho intramolecular Hbond substituents is 2. The minimum Gasteiger partial charge on any atom is -1.00 e. The second-order valence-electron chi connectivity index (χ2n) is 12.9. The number of rotatable bonds is 14. The number of hydrogen-bond donors (Lipinski definition) is 6. The summed E-state index contributed by atoms with van der Waals surface area (Å²) in [5.41, 5.74) is 5.91. The van der Waals surface area contributed by atoms with Gasteiger partial charge >= 0.3 is 0 Å². The van der Waals surface area contributed by atoms with Gasteiger partial charge in [0, 0.05) is 33.4 Å². The third kappa shape index (κ3) is 14.3. The fourth-order valence-electron chi connectivity index (χ4n) is 5.12. The van der Waals surface area contributed by atoms with E-state index in [1.165, 1.54) is 0 Å². The number of hydrogen-bond acceptors (Lipinski definition) is 4. The van der Waals surface area contributed by atoms with Gasteiger partial charge in [-0.3, -0.25) is 9.59 Å². The molecule has 0 aliphatic carbocycles. The summed E-state index contributed by atoms with van der Waals surface area (Å²) < 4.78 is 0. The molecular weight excluding hydrogens is 694 g/mol. The lowest BCUT2D eigenvalue weighted by atomic mass is 9.99. The number of phenols is 2. The molecule has 266 valence electrons. The van der Waals surface area contributed by atoms with Crippen molar-refractivity contribution in [1.29, 1.82) is 0 Å². The third-order valence-electron chi connectivity index (χ3n) is 7.07. The molecule has 3 rings (SSSR count). The van der Waals surface area contributed by atoms with Gasteiger partial charge in [0.05, 0.1) is 56.4 Å². The molecule has 0 aliphatic rings. The molecule has 0 aliphatic heterocycles. The number of quaternary nitrogens is 4. The van der Waals surface area contributed by atoms with E-state index in [-0.39, 0.29) is 72.7 Å². The largest absolute Gasteiger partial charge is 1.00 e. The van der Waals surface area contributed by atoms with Crippen LogP contribution < -0.4 is 69.2 Å². The van der Waals surface area contributed by atoms with E-state index in [1.807, 2.05) is 80.6 Å². The maximum absolute atomic E-state index is 13.1. The predicted octanol–water partition coefficient (Wildman–Crippen LogP) is -12.5. The molecule has 0 atom stereocenters. The quantitative estimate of drug-likeness (QED) is 0.0732. The monoisotopic (exact) mass is 742 g/mol. The summed E-state index contributed by atoms with van der Waals surface area (Å²) in [7, 11) is 16.1. The van der Waals surface area contributed by atoms with E-state index in [2.05, 4.69) is 0 Å². The zero-order chi connectivity index (χ0) is 32.6. The van der Waals surface area contributed by atoms with Crippen molar-refractivity contribution in [2.24, 2.45) is 0 Å². The number of benzene rings is 3. The molecule has 0 heterocycles. The second-order valence-corrected chi connectivity index (χ2v) is 12.9. The molecule has 0 spiro atoms. The van der Waals surface area contributed by atoms with Crippen molar-refractivity contribution in [2.45, 2.75) is 26.2 Å². The molecule has 0 fully saturated rings. The summed E-state index contributed by atoms with van der Waals surface area (Å²) >= 11 is 0. The van der Waals surface area contributed by atoms with Crippen molar-refractivity contribution in [3.8, 4) is 11.5 Å². The van der Waals surface area contributed by atoms with E-state index in [9.17, 15) is 19.8 Å². The second kappa shape index (κ2) is 21.9. The molecule has 8 nitrogen and oxygen atoms in total. The molecule has 6 N–H and O–H groups in total. The molecule has 0 unspecified atom stereocenters. The Bertz CT molecular complexity index is 1360. The highest BCUT2D eigenvalue weighted by Crippen LogP contribution is 2.26. The summed E-state index contributed by atoms with van der Waals surface area (Å²) in [4.78, 5) is 30.9. The third-order valence-corrected chi connectivity index (χ3v) is 7.07. The summed E-state index contributed by atoms with van der Waals surface area (Å²) in [5, 5.41) is 21.5. The topological polar surface area (TPSA) is 92.4 Å². The lowest BCUT2D eigenvalue weighted by Gasteiger charge is -2.15. The van der Waals surface area contributed by atoms with Gasteiger partial charge in [0.25, 0.3) is 0 Å². The van der Waals surface area contributed by atoms with Gasteiger partial charge in [-0.1, -0.05) is 36.4 Å². The van der Waals surface area contributed by atoms with E-state index < -0.39 is 0 Å². The van der Waals surface area contributed by atoms with Crippen LogP contribution in [0.4, 0.5) is 0 Å². The van der Waals surface area contributed by atoms with Crippen LogP contribution in [0.1, 0.15) is 54.1 Å². The summed E-state index contributed by atoms with van der Waals surface area (Å²) in [6.45, 7) is 2.47. The van der Waals surface area contributed by atoms with Crippen molar-refractivity contribution in [1.82, 2.24) is 0 Å². The zero-order valence-electron chi connectivity index (χ0n) is 29.0. The first-order valence-electron chi connectivity index (χ1n) is 15.1. The zero-order valence-corrected chi connectivity index (χ0v) is 32.0. The maximum Gasteiger partial charge on any atom is 0.185 e. The van der Waals surface area contributed by atoms with Crippen LogP contribution in [0.5, 0.6) is 11.5 Å². The van der Waals surface area contributed by atoms with Gasteiger partial charge in [0.1, 0.15) is 37.7 Å². The highest BCUT2D eigenvalue weighted by molar-refractivity contribution is 6.08. The van der Waals surface area contributed by atoms with E-state index in [4.69, 9.17) is 0 Å². The van der Waals surface area contributed by atoms with Crippen LogP contribution in [-0.2, 0) is 26.2 Å². The lowest BCUT2D eigenvalue weighted by Crippen LogP contribution is -3.04. The molecule has 3 aromatic rings. The lowest BCUT2D eigenvalue weighted by molar-refractivity contribution is -0.873. The molecule has 0 saturated carbocycles. The molecule has 12 heteroatoms. The molecule has 3 aromatic carbocycles. The SMILES string of the molecule is C[NH+](C)Cc1cc(C(=O)/C=C/c2ccc(/C=C/C(=O)c3cc(C[NH+](C)C)c(O)c(C[NH+](C)C)c3)cc2)cc(C[NH+](C)C)c1O.[Cl-].[Cl-].[Cl-].[Cl-]. The smallest absolute Gasteiger partial charge is 0.185 e. The van der Waals surface area contributed by atoms with E-state index >= 15 is 0 Å². The summed E-state index contributed by atoms with van der Waals surface area (Å²) in [5.74, 6) is 0.295. The van der Waals surface area contributed by atoms with Crippen molar-refractivity contribution in [3.05, 3.63) is 105 Å².